The molecule has 0 unspecified atom stereocenters. The van der Waals surface area contributed by atoms with E-state index in [0.717, 1.165) is 0 Å². The Labute approximate surface area is 99.4 Å². The maximum atomic E-state index is 12.1. The van der Waals surface area contributed by atoms with Crippen LogP contribution in [-0.4, -0.2) is 30.0 Å². The first-order valence-corrected chi connectivity index (χ1v) is 5.31. The number of hydrogen-bond donors (Lipinski definition) is 1. The van der Waals surface area contributed by atoms with Gasteiger partial charge in [0, 0.05) is 18.5 Å². The van der Waals surface area contributed by atoms with E-state index in [1.54, 1.807) is 7.05 Å². The second kappa shape index (κ2) is 5.25. The Morgan fingerprint density at radius 1 is 1.35 bits per heavy atom. The molecule has 17 heavy (non-hydrogen) atoms. The number of hydrogen-bond acceptors (Lipinski definition) is 4. The zero-order valence-electron chi connectivity index (χ0n) is 10.4. The van der Waals surface area contributed by atoms with Crippen LogP contribution in [-0.2, 0) is 5.41 Å². The predicted molar refractivity (Wildman–Crippen MR) is 61.8 cm³/mol. The van der Waals surface area contributed by atoms with Crippen LogP contribution in [0.3, 0.4) is 0 Å². The third-order valence-corrected chi connectivity index (χ3v) is 1.99. The third kappa shape index (κ3) is 4.13. The average Bonchev–Trinajstić information content (AvgIpc) is 2.24. The predicted octanol–water partition coefficient (Wildman–Crippen LogP) is 2.46. The maximum absolute atomic E-state index is 12.1. The van der Waals surface area contributed by atoms with Gasteiger partial charge in [-0.05, 0) is 0 Å². The second-order valence-corrected chi connectivity index (χ2v) is 4.62. The summed E-state index contributed by atoms with van der Waals surface area (Å²) in [6.45, 7) is 5.17. The Bertz CT molecular complexity index is 377. The zero-order chi connectivity index (χ0) is 13.1. The Morgan fingerprint density at radius 2 is 2.00 bits per heavy atom. The number of rotatable bonds is 4. The van der Waals surface area contributed by atoms with Crippen LogP contribution in [0.1, 0.15) is 26.6 Å². The lowest BCUT2D eigenvalue weighted by Gasteiger charge is -2.18. The van der Waals surface area contributed by atoms with Crippen molar-refractivity contribution in [1.29, 1.82) is 0 Å². The van der Waals surface area contributed by atoms with Crippen molar-refractivity contribution in [1.82, 2.24) is 9.97 Å². The topological polar surface area (TPSA) is 47.0 Å². The molecule has 0 atom stereocenters. The standard InChI is InChI=1S/C11H17F2N3O/c1-11(2,3)10-15-8(14-4)5-9(16-10)17-6-7(12)13/h5,7H,6H2,1-4H3,(H,14,15,16). The molecule has 0 aromatic carbocycles. The summed E-state index contributed by atoms with van der Waals surface area (Å²) in [4.78, 5) is 8.38. The van der Waals surface area contributed by atoms with E-state index >= 15 is 0 Å². The Kier molecular flexibility index (Phi) is 4.20. The molecule has 0 aliphatic carbocycles. The first kappa shape index (κ1) is 13.6. The van der Waals surface area contributed by atoms with Crippen molar-refractivity contribution in [2.24, 2.45) is 0 Å². The van der Waals surface area contributed by atoms with Gasteiger partial charge < -0.3 is 10.1 Å². The highest BCUT2D eigenvalue weighted by atomic mass is 19.3. The Balaban J connectivity index is 2.97. The van der Waals surface area contributed by atoms with E-state index in [2.05, 4.69) is 15.3 Å². The third-order valence-electron chi connectivity index (χ3n) is 1.99. The first-order valence-electron chi connectivity index (χ1n) is 5.31. The van der Waals surface area contributed by atoms with Gasteiger partial charge in [0.2, 0.25) is 5.88 Å². The van der Waals surface area contributed by atoms with Crippen LogP contribution < -0.4 is 10.1 Å². The van der Waals surface area contributed by atoms with E-state index in [4.69, 9.17) is 4.74 Å². The van der Waals surface area contributed by atoms with Crippen LogP contribution in [0.5, 0.6) is 5.88 Å². The molecule has 0 aliphatic heterocycles. The van der Waals surface area contributed by atoms with Crippen LogP contribution in [0, 0.1) is 0 Å². The summed E-state index contributed by atoms with van der Waals surface area (Å²) in [7, 11) is 1.70. The van der Waals surface area contributed by atoms with Crippen molar-refractivity contribution in [2.45, 2.75) is 32.6 Å². The van der Waals surface area contributed by atoms with Gasteiger partial charge in [-0.15, -0.1) is 0 Å². The van der Waals surface area contributed by atoms with Crippen molar-refractivity contribution >= 4 is 5.82 Å². The van der Waals surface area contributed by atoms with Gasteiger partial charge in [-0.25, -0.2) is 13.8 Å². The minimum atomic E-state index is -2.51. The summed E-state index contributed by atoms with van der Waals surface area (Å²) in [5.41, 5.74) is -0.268. The summed E-state index contributed by atoms with van der Waals surface area (Å²) in [6, 6.07) is 1.50. The summed E-state index contributed by atoms with van der Waals surface area (Å²) >= 11 is 0. The molecule has 4 nitrogen and oxygen atoms in total. The molecule has 0 aliphatic rings. The van der Waals surface area contributed by atoms with Gasteiger partial charge in [0.1, 0.15) is 11.6 Å². The zero-order valence-corrected chi connectivity index (χ0v) is 10.4. The number of ether oxygens (including phenoxy) is 1. The molecule has 0 spiro atoms. The van der Waals surface area contributed by atoms with E-state index in [9.17, 15) is 8.78 Å². The molecule has 0 saturated carbocycles. The number of anilines is 1. The normalized spacial score (nSPS) is 11.7. The minimum absolute atomic E-state index is 0.162. The molecular weight excluding hydrogens is 228 g/mol. The van der Waals surface area contributed by atoms with Gasteiger partial charge in [0.25, 0.3) is 6.43 Å². The van der Waals surface area contributed by atoms with Crippen LogP contribution in [0.4, 0.5) is 14.6 Å². The average molecular weight is 245 g/mol. The lowest BCUT2D eigenvalue weighted by Crippen LogP contribution is -2.18. The van der Waals surface area contributed by atoms with E-state index in [0.29, 0.717) is 11.6 Å². The summed E-state index contributed by atoms with van der Waals surface area (Å²) in [6.07, 6.45) is -2.51. The molecule has 6 heteroatoms. The number of aromatic nitrogens is 2. The molecule has 1 aromatic rings. The Hall–Kier alpha value is -1.46. The summed E-state index contributed by atoms with van der Waals surface area (Å²) in [5, 5.41) is 2.85. The molecule has 1 heterocycles. The van der Waals surface area contributed by atoms with E-state index < -0.39 is 13.0 Å². The second-order valence-electron chi connectivity index (χ2n) is 4.62. The number of alkyl halides is 2. The SMILES string of the molecule is CNc1cc(OCC(F)F)nc(C(C)(C)C)n1. The smallest absolute Gasteiger partial charge is 0.272 e. The molecule has 1 rings (SSSR count). The van der Waals surface area contributed by atoms with Crippen molar-refractivity contribution in [3.63, 3.8) is 0 Å². The molecule has 0 saturated heterocycles. The van der Waals surface area contributed by atoms with Crippen molar-refractivity contribution in [3.05, 3.63) is 11.9 Å². The molecule has 0 fully saturated rings. The van der Waals surface area contributed by atoms with Crippen LogP contribution in [0.15, 0.2) is 6.07 Å². The molecule has 1 aromatic heterocycles. The molecule has 0 radical (unpaired) electrons. The van der Waals surface area contributed by atoms with Crippen molar-refractivity contribution < 1.29 is 13.5 Å². The molecule has 0 amide bonds. The quantitative estimate of drug-likeness (QED) is 0.885. The minimum Gasteiger partial charge on any atom is -0.471 e. The van der Waals surface area contributed by atoms with Gasteiger partial charge in [-0.1, -0.05) is 20.8 Å². The molecule has 1 N–H and O–H groups in total. The van der Waals surface area contributed by atoms with Crippen molar-refractivity contribution in [2.75, 3.05) is 19.0 Å². The van der Waals surface area contributed by atoms with Gasteiger partial charge >= 0.3 is 0 Å². The maximum Gasteiger partial charge on any atom is 0.272 e. The van der Waals surface area contributed by atoms with E-state index in [-0.39, 0.29) is 11.3 Å². The van der Waals surface area contributed by atoms with Gasteiger partial charge in [0.05, 0.1) is 0 Å². The first-order chi connectivity index (χ1) is 7.82. The van der Waals surface area contributed by atoms with Crippen molar-refractivity contribution in [3.8, 4) is 5.88 Å². The van der Waals surface area contributed by atoms with Gasteiger partial charge in [-0.3, -0.25) is 0 Å². The Morgan fingerprint density at radius 3 is 2.47 bits per heavy atom. The monoisotopic (exact) mass is 245 g/mol. The van der Waals surface area contributed by atoms with Crippen LogP contribution >= 0.6 is 0 Å². The van der Waals surface area contributed by atoms with E-state index in [1.165, 1.54) is 6.07 Å². The molecule has 96 valence electrons. The van der Waals surface area contributed by atoms with Crippen LogP contribution in [0.25, 0.3) is 0 Å². The van der Waals surface area contributed by atoms with Gasteiger partial charge in [-0.2, -0.15) is 4.98 Å². The number of nitrogens with one attached hydrogen (secondary N) is 1. The summed E-state index contributed by atoms with van der Waals surface area (Å²) in [5.74, 6) is 1.26. The highest BCUT2D eigenvalue weighted by Crippen LogP contribution is 2.23. The van der Waals surface area contributed by atoms with E-state index in [1.807, 2.05) is 20.8 Å². The number of halogens is 2. The molecular formula is C11H17F2N3O. The fourth-order valence-corrected chi connectivity index (χ4v) is 1.11. The van der Waals surface area contributed by atoms with Crippen LogP contribution in [0.2, 0.25) is 0 Å². The largest absolute Gasteiger partial charge is 0.471 e. The van der Waals surface area contributed by atoms with Gasteiger partial charge in [0.15, 0.2) is 6.61 Å². The summed E-state index contributed by atoms with van der Waals surface area (Å²) < 4.78 is 29.0. The number of nitrogens with zero attached hydrogens (tertiary/aromatic N) is 2. The lowest BCUT2D eigenvalue weighted by molar-refractivity contribution is 0.0793. The highest BCUT2D eigenvalue weighted by Gasteiger charge is 2.19. The fraction of sp³-hybridized carbons (Fsp3) is 0.636. The fourth-order valence-electron chi connectivity index (χ4n) is 1.11. The molecule has 0 bridgehead atoms. The lowest BCUT2D eigenvalue weighted by atomic mass is 9.96. The highest BCUT2D eigenvalue weighted by molar-refractivity contribution is 5.38.